The van der Waals surface area contributed by atoms with E-state index in [4.69, 9.17) is 4.74 Å². The summed E-state index contributed by atoms with van der Waals surface area (Å²) >= 11 is 0. The Morgan fingerprint density at radius 3 is 2.61 bits per heavy atom. The normalized spacial score (nSPS) is 19.9. The monoisotopic (exact) mass is 433 g/mol. The van der Waals surface area contributed by atoms with Crippen molar-refractivity contribution in [1.29, 1.82) is 0 Å². The van der Waals surface area contributed by atoms with Crippen LogP contribution in [-0.2, 0) is 11.3 Å². The largest absolute Gasteiger partial charge is 0.503 e. The number of nitrogens with one attached hydrogen (secondary N) is 1. The molecule has 0 bridgehead atoms. The molecule has 4 rings (SSSR count). The molecule has 0 spiro atoms. The molecule has 10 heteroatoms. The molecular formula is C21H21F2N3O5. The first-order valence-electron chi connectivity index (χ1n) is 9.88. The van der Waals surface area contributed by atoms with Gasteiger partial charge < -0.3 is 24.6 Å². The van der Waals surface area contributed by atoms with Gasteiger partial charge in [0.15, 0.2) is 17.7 Å². The zero-order valence-corrected chi connectivity index (χ0v) is 16.9. The highest BCUT2D eigenvalue weighted by atomic mass is 19.1. The Morgan fingerprint density at radius 2 is 1.97 bits per heavy atom. The number of aromatic hydroxyl groups is 1. The number of benzene rings is 1. The molecule has 2 aromatic rings. The number of halogens is 2. The Kier molecular flexibility index (Phi) is 5.26. The molecule has 0 saturated carbocycles. The minimum absolute atomic E-state index is 0.203. The van der Waals surface area contributed by atoms with E-state index in [0.717, 1.165) is 12.1 Å². The minimum atomic E-state index is -1.03. The second-order valence-corrected chi connectivity index (χ2v) is 7.57. The molecule has 2 atom stereocenters. The first-order chi connectivity index (χ1) is 14.7. The molecule has 1 saturated heterocycles. The minimum Gasteiger partial charge on any atom is -0.503 e. The Hall–Kier alpha value is -3.27. The quantitative estimate of drug-likeness (QED) is 0.766. The average Bonchev–Trinajstić information content (AvgIpc) is 3.19. The van der Waals surface area contributed by atoms with Crippen molar-refractivity contribution in [3.63, 3.8) is 0 Å². The fraction of sp³-hybridized carbons (Fsp3) is 0.381. The number of amides is 2. The van der Waals surface area contributed by atoms with Gasteiger partial charge in [0, 0.05) is 24.8 Å². The lowest BCUT2D eigenvalue weighted by molar-refractivity contribution is -0.0328. The summed E-state index contributed by atoms with van der Waals surface area (Å²) in [5, 5.41) is 12.8. The molecule has 8 nitrogen and oxygen atoms in total. The van der Waals surface area contributed by atoms with Gasteiger partial charge in [-0.3, -0.25) is 14.4 Å². The Morgan fingerprint density at radius 1 is 1.29 bits per heavy atom. The van der Waals surface area contributed by atoms with Gasteiger partial charge in [-0.1, -0.05) is 0 Å². The van der Waals surface area contributed by atoms with E-state index in [1.807, 2.05) is 0 Å². The smallest absolute Gasteiger partial charge is 0.276 e. The van der Waals surface area contributed by atoms with E-state index in [2.05, 4.69) is 5.32 Å². The summed E-state index contributed by atoms with van der Waals surface area (Å²) in [6.07, 6.45) is 1.15. The van der Waals surface area contributed by atoms with Crippen molar-refractivity contribution in [3.8, 4) is 5.75 Å². The van der Waals surface area contributed by atoms with Crippen LogP contribution in [0.5, 0.6) is 5.75 Å². The van der Waals surface area contributed by atoms with Crippen molar-refractivity contribution < 1.29 is 28.2 Å². The molecule has 1 aromatic carbocycles. The number of carbonyl (C=O) groups excluding carboxylic acids is 2. The lowest BCUT2D eigenvalue weighted by Crippen LogP contribution is -2.50. The number of aryl methyl sites for hydroxylation is 1. The van der Waals surface area contributed by atoms with Crippen molar-refractivity contribution in [2.75, 3.05) is 13.2 Å². The summed E-state index contributed by atoms with van der Waals surface area (Å²) in [6.45, 7) is 3.50. The van der Waals surface area contributed by atoms with Crippen LogP contribution in [0.2, 0.25) is 0 Å². The molecule has 2 N–H and O–H groups in total. The van der Waals surface area contributed by atoms with Gasteiger partial charge in [-0.25, -0.2) is 8.78 Å². The number of aromatic nitrogens is 1. The van der Waals surface area contributed by atoms with E-state index < -0.39 is 53.0 Å². The Balaban J connectivity index is 1.69. The molecule has 1 aromatic heterocycles. The van der Waals surface area contributed by atoms with E-state index in [9.17, 15) is 28.3 Å². The first-order valence-corrected chi connectivity index (χ1v) is 9.88. The number of hydrogen-bond donors (Lipinski definition) is 2. The van der Waals surface area contributed by atoms with Gasteiger partial charge in [-0.15, -0.1) is 0 Å². The lowest BCUT2D eigenvalue weighted by Gasteiger charge is -2.38. The highest BCUT2D eigenvalue weighted by Crippen LogP contribution is 2.36. The third kappa shape index (κ3) is 3.36. The van der Waals surface area contributed by atoms with E-state index in [1.165, 1.54) is 22.6 Å². The molecule has 3 heterocycles. The number of fused-ring (bicyclic) bond motifs is 3. The highest BCUT2D eigenvalue weighted by molar-refractivity contribution is 5.99. The average molecular weight is 433 g/mol. The van der Waals surface area contributed by atoms with Crippen LogP contribution in [0.1, 0.15) is 51.4 Å². The third-order valence-corrected chi connectivity index (χ3v) is 5.67. The molecule has 2 aliphatic rings. The SMILES string of the molecule is CCN1C(=O)c2c(O)c(=O)c(C(=O)NCc3c(F)cc(C)cc3F)cn2[C@@H]2CCO[C@@H]21. The van der Waals surface area contributed by atoms with Gasteiger partial charge in [0.1, 0.15) is 17.2 Å². The van der Waals surface area contributed by atoms with Crippen molar-refractivity contribution in [1.82, 2.24) is 14.8 Å². The predicted molar refractivity (Wildman–Crippen MR) is 105 cm³/mol. The maximum absolute atomic E-state index is 14.0. The van der Waals surface area contributed by atoms with Crippen molar-refractivity contribution in [3.05, 3.63) is 62.6 Å². The van der Waals surface area contributed by atoms with Crippen molar-refractivity contribution in [2.45, 2.75) is 39.1 Å². The van der Waals surface area contributed by atoms with Crippen LogP contribution in [0.4, 0.5) is 8.78 Å². The van der Waals surface area contributed by atoms with Gasteiger partial charge in [0.05, 0.1) is 12.6 Å². The summed E-state index contributed by atoms with van der Waals surface area (Å²) in [5.41, 5.74) is -1.62. The standard InChI is InChI=1S/C21H21F2N3O5/c1-3-25-20(30)16-18(28)17(27)12(9-26(16)15-4-5-31-21(15)25)19(29)24-8-11-13(22)6-10(2)7-14(11)23/h6-7,9,15,21,28H,3-5,8H2,1-2H3,(H,24,29)/t15-,21+/m1/s1. The number of hydrogen-bond acceptors (Lipinski definition) is 5. The molecule has 164 valence electrons. The fourth-order valence-electron chi connectivity index (χ4n) is 4.13. The summed E-state index contributed by atoms with van der Waals surface area (Å²) in [6, 6.07) is 1.89. The number of nitrogens with zero attached hydrogens (tertiary/aromatic N) is 2. The fourth-order valence-corrected chi connectivity index (χ4v) is 4.13. The Bertz CT molecular complexity index is 1120. The van der Waals surface area contributed by atoms with E-state index >= 15 is 0 Å². The second-order valence-electron chi connectivity index (χ2n) is 7.57. The van der Waals surface area contributed by atoms with Crippen LogP contribution in [-0.4, -0.2) is 45.8 Å². The maximum Gasteiger partial charge on any atom is 0.276 e. The molecule has 2 amide bonds. The summed E-state index contributed by atoms with van der Waals surface area (Å²) in [5.74, 6) is -3.97. The first kappa shape index (κ1) is 21.0. The molecular weight excluding hydrogens is 412 g/mol. The van der Waals surface area contributed by atoms with E-state index in [1.54, 1.807) is 6.92 Å². The molecule has 1 fully saturated rings. The van der Waals surface area contributed by atoms with Gasteiger partial charge in [0.25, 0.3) is 11.8 Å². The summed E-state index contributed by atoms with van der Waals surface area (Å²) in [7, 11) is 0. The second kappa shape index (κ2) is 7.77. The van der Waals surface area contributed by atoms with Gasteiger partial charge in [0.2, 0.25) is 5.43 Å². The Labute approximate surface area is 176 Å². The van der Waals surface area contributed by atoms with E-state index in [0.29, 0.717) is 25.1 Å². The topological polar surface area (TPSA) is 101 Å². The van der Waals surface area contributed by atoms with Crippen LogP contribution in [0.3, 0.4) is 0 Å². The zero-order chi connectivity index (χ0) is 22.4. The van der Waals surface area contributed by atoms with Gasteiger partial charge >= 0.3 is 0 Å². The van der Waals surface area contributed by atoms with Crippen LogP contribution in [0, 0.1) is 18.6 Å². The lowest BCUT2D eigenvalue weighted by atomic mass is 10.0. The zero-order valence-electron chi connectivity index (χ0n) is 16.9. The van der Waals surface area contributed by atoms with E-state index in [-0.39, 0.29) is 17.3 Å². The molecule has 0 aliphatic carbocycles. The number of ether oxygens (including phenoxy) is 1. The van der Waals surface area contributed by atoms with Crippen LogP contribution in [0.15, 0.2) is 23.1 Å². The summed E-state index contributed by atoms with van der Waals surface area (Å²) in [4.78, 5) is 39.5. The summed E-state index contributed by atoms with van der Waals surface area (Å²) < 4.78 is 35.1. The van der Waals surface area contributed by atoms with Gasteiger partial charge in [-0.2, -0.15) is 0 Å². The molecule has 0 unspecified atom stereocenters. The maximum atomic E-state index is 14.0. The third-order valence-electron chi connectivity index (χ3n) is 5.67. The number of rotatable bonds is 4. The van der Waals surface area contributed by atoms with Crippen molar-refractivity contribution in [2.24, 2.45) is 0 Å². The molecule has 0 radical (unpaired) electrons. The predicted octanol–water partition coefficient (Wildman–Crippen LogP) is 1.83. The molecule has 31 heavy (non-hydrogen) atoms. The van der Waals surface area contributed by atoms with Crippen molar-refractivity contribution >= 4 is 11.8 Å². The van der Waals surface area contributed by atoms with Crippen LogP contribution in [0.25, 0.3) is 0 Å². The van der Waals surface area contributed by atoms with Crippen LogP contribution < -0.4 is 10.7 Å². The van der Waals surface area contributed by atoms with Crippen LogP contribution >= 0.6 is 0 Å². The molecule has 2 aliphatic heterocycles. The number of likely N-dealkylation sites (N-methyl/N-ethyl adjacent to an activating group) is 1. The number of pyridine rings is 1. The number of carbonyl (C=O) groups is 2. The highest BCUT2D eigenvalue weighted by Gasteiger charge is 2.44. The van der Waals surface area contributed by atoms with Gasteiger partial charge in [-0.05, 0) is 38.0 Å².